The highest BCUT2D eigenvalue weighted by Gasteiger charge is 2.36. The van der Waals surface area contributed by atoms with E-state index in [1.807, 2.05) is 0 Å². The smallest absolute Gasteiger partial charge is 0.0541 e. The maximum absolute atomic E-state index is 2.41. The quantitative estimate of drug-likeness (QED) is 0.148. The van der Waals surface area contributed by atoms with Crippen molar-refractivity contribution in [1.29, 1.82) is 0 Å². The molecule has 0 bridgehead atoms. The van der Waals surface area contributed by atoms with Gasteiger partial charge in [-0.25, -0.2) is 0 Å². The van der Waals surface area contributed by atoms with Crippen LogP contribution >= 0.6 is 0 Å². The normalized spacial score (nSPS) is 12.6. The summed E-state index contributed by atoms with van der Waals surface area (Å²) in [6.07, 6.45) is 0. The number of para-hydroxylation sites is 3. The lowest BCUT2D eigenvalue weighted by atomic mass is 9.81. The molecule has 1 aliphatic carbocycles. The summed E-state index contributed by atoms with van der Waals surface area (Å²) in [5.41, 5.74) is 22.0. The Balaban J connectivity index is 0.805. The van der Waals surface area contributed by atoms with Crippen LogP contribution in [-0.4, -0.2) is 4.57 Å². The summed E-state index contributed by atoms with van der Waals surface area (Å²) in [6.45, 7) is 4.73. The number of rotatable bonds is 8. The first-order valence-electron chi connectivity index (χ1n) is 22.6. The molecule has 0 fully saturated rings. The van der Waals surface area contributed by atoms with Crippen LogP contribution in [0, 0.1) is 0 Å². The second-order valence-electron chi connectivity index (χ2n) is 17.8. The Morgan fingerprint density at radius 1 is 0.308 bits per heavy atom. The zero-order valence-electron chi connectivity index (χ0n) is 36.5. The Hall–Kier alpha value is -8.20. The second-order valence-corrected chi connectivity index (χ2v) is 17.8. The Labute approximate surface area is 381 Å². The van der Waals surface area contributed by atoms with Gasteiger partial charge in [0.2, 0.25) is 0 Å². The fourth-order valence-electron chi connectivity index (χ4n) is 10.2. The molecule has 308 valence electrons. The van der Waals surface area contributed by atoms with Crippen molar-refractivity contribution >= 4 is 38.9 Å². The van der Waals surface area contributed by atoms with E-state index in [1.54, 1.807) is 0 Å². The lowest BCUT2D eigenvalue weighted by molar-refractivity contribution is 0.660. The van der Waals surface area contributed by atoms with Crippen molar-refractivity contribution in [2.45, 2.75) is 19.3 Å². The molecule has 11 aromatic rings. The molecule has 0 amide bonds. The molecule has 2 nitrogen and oxygen atoms in total. The Morgan fingerprint density at radius 2 is 0.723 bits per heavy atom. The van der Waals surface area contributed by atoms with Crippen molar-refractivity contribution in [1.82, 2.24) is 4.57 Å². The van der Waals surface area contributed by atoms with Crippen LogP contribution < -0.4 is 4.90 Å². The third-order valence-electron chi connectivity index (χ3n) is 13.6. The van der Waals surface area contributed by atoms with Crippen LogP contribution in [0.2, 0.25) is 0 Å². The van der Waals surface area contributed by atoms with E-state index in [-0.39, 0.29) is 5.41 Å². The first-order chi connectivity index (χ1) is 32.0. The van der Waals surface area contributed by atoms with Gasteiger partial charge in [0.25, 0.3) is 0 Å². The summed E-state index contributed by atoms with van der Waals surface area (Å²) in [7, 11) is 0. The largest absolute Gasteiger partial charge is 0.310 e. The molecule has 0 saturated heterocycles. The van der Waals surface area contributed by atoms with Crippen LogP contribution in [0.4, 0.5) is 17.1 Å². The van der Waals surface area contributed by atoms with E-state index in [0.29, 0.717) is 0 Å². The van der Waals surface area contributed by atoms with Crippen LogP contribution in [0.1, 0.15) is 25.0 Å². The molecular weight excluding hydrogens is 785 g/mol. The molecule has 0 radical (unpaired) electrons. The number of benzene rings is 10. The van der Waals surface area contributed by atoms with Gasteiger partial charge in [-0.05, 0) is 140 Å². The first-order valence-corrected chi connectivity index (χ1v) is 22.6. The van der Waals surface area contributed by atoms with Crippen LogP contribution in [0.5, 0.6) is 0 Å². The van der Waals surface area contributed by atoms with Gasteiger partial charge in [-0.2, -0.15) is 0 Å². The van der Waals surface area contributed by atoms with Gasteiger partial charge in [0, 0.05) is 38.9 Å². The van der Waals surface area contributed by atoms with Crippen LogP contribution in [0.15, 0.2) is 243 Å². The molecule has 10 aromatic carbocycles. The predicted molar refractivity (Wildman–Crippen MR) is 275 cm³/mol. The zero-order chi connectivity index (χ0) is 43.5. The number of hydrogen-bond acceptors (Lipinski definition) is 1. The summed E-state index contributed by atoms with van der Waals surface area (Å²) in [5.74, 6) is 0. The second kappa shape index (κ2) is 15.6. The molecule has 12 rings (SSSR count). The molecule has 1 aliphatic rings. The fraction of sp³-hybridized carbons (Fsp3) is 0.0476. The highest BCUT2D eigenvalue weighted by Crippen LogP contribution is 2.51. The third kappa shape index (κ3) is 6.65. The monoisotopic (exact) mass is 830 g/mol. The molecule has 0 atom stereocenters. The molecule has 0 spiro atoms. The van der Waals surface area contributed by atoms with E-state index in [4.69, 9.17) is 0 Å². The van der Waals surface area contributed by atoms with Crippen molar-refractivity contribution in [2.75, 3.05) is 4.90 Å². The number of anilines is 3. The number of aromatic nitrogens is 1. The highest BCUT2D eigenvalue weighted by atomic mass is 15.1. The zero-order valence-corrected chi connectivity index (χ0v) is 36.5. The minimum atomic E-state index is -0.146. The molecule has 0 N–H and O–H groups in total. The average molecular weight is 831 g/mol. The summed E-state index contributed by atoms with van der Waals surface area (Å²) in [5, 5.41) is 2.53. The van der Waals surface area contributed by atoms with Gasteiger partial charge in [-0.1, -0.05) is 184 Å². The number of hydrogen-bond donors (Lipinski definition) is 0. The molecule has 1 heterocycles. The molecule has 2 heteroatoms. The fourth-order valence-corrected chi connectivity index (χ4v) is 10.2. The summed E-state index contributed by atoms with van der Waals surface area (Å²) in [4.78, 5) is 2.38. The van der Waals surface area contributed by atoms with E-state index in [0.717, 1.165) is 17.1 Å². The minimum absolute atomic E-state index is 0.146. The summed E-state index contributed by atoms with van der Waals surface area (Å²) >= 11 is 0. The van der Waals surface area contributed by atoms with Gasteiger partial charge in [0.1, 0.15) is 0 Å². The van der Waals surface area contributed by atoms with E-state index in [2.05, 4.69) is 266 Å². The molecule has 0 saturated carbocycles. The van der Waals surface area contributed by atoms with Crippen molar-refractivity contribution in [3.63, 3.8) is 0 Å². The van der Waals surface area contributed by atoms with Gasteiger partial charge in [-0.15, -0.1) is 0 Å². The van der Waals surface area contributed by atoms with E-state index in [9.17, 15) is 0 Å². The van der Waals surface area contributed by atoms with Crippen LogP contribution in [0.3, 0.4) is 0 Å². The van der Waals surface area contributed by atoms with E-state index < -0.39 is 0 Å². The molecule has 65 heavy (non-hydrogen) atoms. The molecule has 1 aromatic heterocycles. The van der Waals surface area contributed by atoms with Crippen molar-refractivity contribution in [3.8, 4) is 61.3 Å². The number of nitrogens with zero attached hydrogens (tertiary/aromatic N) is 2. The first kappa shape index (κ1) is 38.5. The lowest BCUT2D eigenvalue weighted by Crippen LogP contribution is -2.16. The van der Waals surface area contributed by atoms with Gasteiger partial charge in [0.15, 0.2) is 0 Å². The lowest BCUT2D eigenvalue weighted by Gasteiger charge is -2.28. The molecule has 0 unspecified atom stereocenters. The maximum Gasteiger partial charge on any atom is 0.0541 e. The van der Waals surface area contributed by atoms with Gasteiger partial charge < -0.3 is 9.47 Å². The van der Waals surface area contributed by atoms with Crippen molar-refractivity contribution in [3.05, 3.63) is 254 Å². The summed E-state index contributed by atoms with van der Waals surface area (Å²) in [6, 6.07) is 88.6. The third-order valence-corrected chi connectivity index (χ3v) is 13.6. The van der Waals surface area contributed by atoms with E-state index >= 15 is 0 Å². The topological polar surface area (TPSA) is 8.17 Å². The Kier molecular flexibility index (Phi) is 9.21. The van der Waals surface area contributed by atoms with Crippen LogP contribution in [0.25, 0.3) is 83.1 Å². The maximum atomic E-state index is 2.41. The molecular formula is C63H46N2. The SMILES string of the molecule is CC1(C)c2cc(-c3ccccc3)ccc2-c2ccc(N(c3ccccc3)c3ccc(-c4ccc(-c5ccc(-c6ccc7c(c6)c6ccccc6n7-c6ccccc6)cc5)cc4)cc3)cc21. The minimum Gasteiger partial charge on any atom is -0.310 e. The van der Waals surface area contributed by atoms with E-state index in [1.165, 1.54) is 94.3 Å². The Morgan fingerprint density at radius 3 is 1.37 bits per heavy atom. The van der Waals surface area contributed by atoms with Gasteiger partial charge in [0.05, 0.1) is 11.0 Å². The number of fused-ring (bicyclic) bond motifs is 6. The van der Waals surface area contributed by atoms with Gasteiger partial charge in [-0.3, -0.25) is 0 Å². The van der Waals surface area contributed by atoms with Gasteiger partial charge >= 0.3 is 0 Å². The van der Waals surface area contributed by atoms with Crippen molar-refractivity contribution in [2.24, 2.45) is 0 Å². The average Bonchev–Trinajstić information content (AvgIpc) is 3.82. The highest BCUT2D eigenvalue weighted by molar-refractivity contribution is 6.10. The molecule has 0 aliphatic heterocycles. The standard InChI is InChI=1S/C63H46N2/c1-63(2)59-41-50(43-14-6-3-7-15-43)32-37-55(59)56-38-36-54(42-60(56)63)64(51-16-8-4-9-17-51)53-34-30-47(31-35-53)46-24-22-44(23-25-46)45-26-28-48(29-27-45)49-33-39-62-58(40-49)57-20-12-13-21-61(57)65(62)52-18-10-5-11-19-52/h3-42H,1-2H3. The van der Waals surface area contributed by atoms with Crippen LogP contribution in [-0.2, 0) is 5.41 Å². The summed E-state index contributed by atoms with van der Waals surface area (Å²) < 4.78 is 2.37. The van der Waals surface area contributed by atoms with Crippen molar-refractivity contribution < 1.29 is 0 Å². The Bertz CT molecular complexity index is 3510. The predicted octanol–water partition coefficient (Wildman–Crippen LogP) is 17.2.